The van der Waals surface area contributed by atoms with Gasteiger partial charge in [-0.3, -0.25) is 0 Å². The van der Waals surface area contributed by atoms with E-state index < -0.39 is 10.9 Å². The molecular weight excluding hydrogens is 254 g/mol. The highest BCUT2D eigenvalue weighted by molar-refractivity contribution is 6.47. The van der Waals surface area contributed by atoms with Gasteiger partial charge in [0, 0.05) is 5.60 Å². The van der Waals surface area contributed by atoms with Gasteiger partial charge in [0.15, 0.2) is 0 Å². The molecule has 1 nitrogen and oxygen atoms in total. The van der Waals surface area contributed by atoms with Gasteiger partial charge in [-0.05, 0) is 30.3 Å². The van der Waals surface area contributed by atoms with E-state index in [4.69, 9.17) is 12.5 Å². The summed E-state index contributed by atoms with van der Waals surface area (Å²) in [6, 6.07) is 18.6. The molecule has 0 amide bonds. The number of rotatable bonds is 5. The van der Waals surface area contributed by atoms with E-state index in [-0.39, 0.29) is 0 Å². The Bertz CT molecular complexity index is 586. The summed E-state index contributed by atoms with van der Waals surface area (Å²) in [6.45, 7) is 7.96. The summed E-state index contributed by atoms with van der Waals surface area (Å²) in [5, 5.41) is -0.416. The molecule has 0 aromatic heterocycles. The summed E-state index contributed by atoms with van der Waals surface area (Å²) in [6.07, 6.45) is 0. The Morgan fingerprint density at radius 3 is 2.10 bits per heavy atom. The van der Waals surface area contributed by atoms with Crippen LogP contribution in [-0.2, 0) is 4.65 Å². The SMILES string of the molecule is [B]C(C)(C)C(C)(C)O[B]c1cccc(-c2ccccc2)c1. The first-order valence-corrected chi connectivity index (χ1v) is 7.25. The maximum absolute atomic E-state index is 6.15. The Morgan fingerprint density at radius 2 is 1.48 bits per heavy atom. The van der Waals surface area contributed by atoms with Crippen molar-refractivity contribution in [1.29, 1.82) is 0 Å². The number of benzene rings is 2. The summed E-state index contributed by atoms with van der Waals surface area (Å²) in [7, 11) is 7.95. The molecule has 0 N–H and O–H groups in total. The molecule has 0 aliphatic carbocycles. The van der Waals surface area contributed by atoms with Crippen LogP contribution in [0.1, 0.15) is 27.7 Å². The third-order valence-electron chi connectivity index (χ3n) is 4.04. The Hall–Kier alpha value is -1.47. The molecule has 0 bridgehead atoms. The van der Waals surface area contributed by atoms with Gasteiger partial charge in [-0.25, -0.2) is 0 Å². The first kappa shape index (κ1) is 15.9. The zero-order chi connectivity index (χ0) is 15.5. The van der Waals surface area contributed by atoms with Crippen molar-refractivity contribution in [2.24, 2.45) is 0 Å². The lowest BCUT2D eigenvalue weighted by Gasteiger charge is -2.39. The minimum absolute atomic E-state index is 0.416. The normalized spacial score (nSPS) is 12.2. The third kappa shape index (κ3) is 4.01. The molecule has 0 spiro atoms. The minimum atomic E-state index is -0.435. The fourth-order valence-electron chi connectivity index (χ4n) is 1.79. The lowest BCUT2D eigenvalue weighted by atomic mass is 9.61. The van der Waals surface area contributed by atoms with Crippen molar-refractivity contribution < 1.29 is 4.65 Å². The molecule has 0 fully saturated rings. The van der Waals surface area contributed by atoms with Crippen LogP contribution >= 0.6 is 0 Å². The van der Waals surface area contributed by atoms with Gasteiger partial charge in [-0.2, -0.15) is 0 Å². The van der Waals surface area contributed by atoms with Gasteiger partial charge in [0.2, 0.25) is 0 Å². The molecule has 105 valence electrons. The molecule has 0 unspecified atom stereocenters. The van der Waals surface area contributed by atoms with E-state index in [1.165, 1.54) is 11.1 Å². The van der Waals surface area contributed by atoms with Gasteiger partial charge in [0.05, 0.1) is 7.85 Å². The van der Waals surface area contributed by atoms with E-state index in [2.05, 4.69) is 24.3 Å². The summed E-state index contributed by atoms with van der Waals surface area (Å²) in [4.78, 5) is 0. The first-order valence-electron chi connectivity index (χ1n) is 7.25. The second-order valence-corrected chi connectivity index (χ2v) is 6.46. The summed E-state index contributed by atoms with van der Waals surface area (Å²) in [5.41, 5.74) is 2.98. The van der Waals surface area contributed by atoms with Crippen molar-refractivity contribution in [1.82, 2.24) is 0 Å². The molecule has 0 saturated heterocycles. The second kappa shape index (κ2) is 6.11. The standard InChI is InChI=1S/C18H21B2O/c1-17(2,19)18(3,4)21-20-16-12-8-11-15(13-16)14-9-6-5-7-10-14/h5-13H,1-4H3. The van der Waals surface area contributed by atoms with Crippen LogP contribution in [0.2, 0.25) is 5.31 Å². The highest BCUT2D eigenvalue weighted by atomic mass is 16.5. The molecule has 2 aromatic carbocycles. The van der Waals surface area contributed by atoms with Crippen molar-refractivity contribution in [3.8, 4) is 11.1 Å². The molecular formula is C18H21B2O. The van der Waals surface area contributed by atoms with Crippen molar-refractivity contribution in [2.75, 3.05) is 0 Å². The van der Waals surface area contributed by atoms with Gasteiger partial charge >= 0.3 is 7.48 Å². The van der Waals surface area contributed by atoms with Crippen molar-refractivity contribution in [2.45, 2.75) is 38.6 Å². The monoisotopic (exact) mass is 275 g/mol. The lowest BCUT2D eigenvalue weighted by Crippen LogP contribution is -2.40. The van der Waals surface area contributed by atoms with Crippen LogP contribution in [0.4, 0.5) is 0 Å². The average Bonchev–Trinajstić information content (AvgIpc) is 2.45. The summed E-state index contributed by atoms with van der Waals surface area (Å²) in [5.74, 6) is 0. The zero-order valence-electron chi connectivity index (χ0n) is 13.3. The molecule has 0 saturated carbocycles. The van der Waals surface area contributed by atoms with Gasteiger partial charge in [-0.1, -0.05) is 73.9 Å². The molecule has 0 atom stereocenters. The predicted molar refractivity (Wildman–Crippen MR) is 92.2 cm³/mol. The van der Waals surface area contributed by atoms with Crippen LogP contribution in [0, 0.1) is 0 Å². The molecule has 3 radical (unpaired) electrons. The van der Waals surface area contributed by atoms with Gasteiger partial charge < -0.3 is 4.65 Å². The van der Waals surface area contributed by atoms with Crippen LogP contribution in [0.5, 0.6) is 0 Å². The van der Waals surface area contributed by atoms with Crippen molar-refractivity contribution in [3.05, 3.63) is 54.6 Å². The molecule has 3 heteroatoms. The van der Waals surface area contributed by atoms with Crippen molar-refractivity contribution >= 4 is 20.8 Å². The van der Waals surface area contributed by atoms with E-state index in [0.717, 1.165) is 5.46 Å². The minimum Gasteiger partial charge on any atom is -0.430 e. The molecule has 2 aromatic rings. The maximum Gasteiger partial charge on any atom is 0.330 e. The van der Waals surface area contributed by atoms with E-state index in [9.17, 15) is 0 Å². The van der Waals surface area contributed by atoms with Gasteiger partial charge in [-0.15, -0.1) is 0 Å². The van der Waals surface area contributed by atoms with Gasteiger partial charge in [0.25, 0.3) is 0 Å². The van der Waals surface area contributed by atoms with Crippen molar-refractivity contribution in [3.63, 3.8) is 0 Å². The molecule has 21 heavy (non-hydrogen) atoms. The topological polar surface area (TPSA) is 9.23 Å². The van der Waals surface area contributed by atoms with E-state index >= 15 is 0 Å². The first-order chi connectivity index (χ1) is 9.79. The fraction of sp³-hybridized carbons (Fsp3) is 0.333. The summed E-state index contributed by atoms with van der Waals surface area (Å²) < 4.78 is 5.92. The van der Waals surface area contributed by atoms with Crippen LogP contribution in [0.3, 0.4) is 0 Å². The quantitative estimate of drug-likeness (QED) is 0.755. The van der Waals surface area contributed by atoms with Gasteiger partial charge in [0.1, 0.15) is 0 Å². The highest BCUT2D eigenvalue weighted by Crippen LogP contribution is 2.36. The molecule has 0 aliphatic heterocycles. The Labute approximate surface area is 130 Å². The van der Waals surface area contributed by atoms with E-state index in [0.29, 0.717) is 0 Å². The largest absolute Gasteiger partial charge is 0.430 e. The number of hydrogen-bond donors (Lipinski definition) is 0. The fourth-order valence-corrected chi connectivity index (χ4v) is 1.79. The molecule has 0 aliphatic rings. The molecule has 2 rings (SSSR count). The highest BCUT2D eigenvalue weighted by Gasteiger charge is 2.32. The van der Waals surface area contributed by atoms with Crippen LogP contribution in [0.15, 0.2) is 54.6 Å². The lowest BCUT2D eigenvalue weighted by molar-refractivity contribution is 0.0767. The average molecular weight is 275 g/mol. The second-order valence-electron chi connectivity index (χ2n) is 6.46. The van der Waals surface area contributed by atoms with Crippen LogP contribution < -0.4 is 5.46 Å². The maximum atomic E-state index is 6.15. The smallest absolute Gasteiger partial charge is 0.330 e. The predicted octanol–water partition coefficient (Wildman–Crippen LogP) is 3.76. The zero-order valence-corrected chi connectivity index (χ0v) is 13.3. The molecule has 0 heterocycles. The number of hydrogen-bond acceptors (Lipinski definition) is 1. The third-order valence-corrected chi connectivity index (χ3v) is 4.04. The Morgan fingerprint density at radius 1 is 0.857 bits per heavy atom. The van der Waals surface area contributed by atoms with E-state index in [1.807, 2.05) is 58.0 Å². The Kier molecular flexibility index (Phi) is 4.63. The van der Waals surface area contributed by atoms with E-state index in [1.54, 1.807) is 7.48 Å². The Balaban J connectivity index is 2.13. The summed E-state index contributed by atoms with van der Waals surface area (Å²) >= 11 is 0. The van der Waals surface area contributed by atoms with Crippen LogP contribution in [0.25, 0.3) is 11.1 Å². The van der Waals surface area contributed by atoms with Crippen LogP contribution in [-0.4, -0.2) is 20.9 Å².